The molecule has 0 bridgehead atoms. The Hall–Kier alpha value is -3.87. The molecule has 0 spiro atoms. The quantitative estimate of drug-likeness (QED) is 0.480. The lowest BCUT2D eigenvalue weighted by Gasteiger charge is -2.30. The van der Waals surface area contributed by atoms with Crippen LogP contribution in [0.2, 0.25) is 0 Å². The number of benzene rings is 3. The van der Waals surface area contributed by atoms with Crippen LogP contribution < -0.4 is 28.4 Å². The van der Waals surface area contributed by atoms with Crippen molar-refractivity contribution in [1.29, 1.82) is 0 Å². The molecule has 0 amide bonds. The fourth-order valence-corrected chi connectivity index (χ4v) is 4.55. The van der Waals surface area contributed by atoms with Gasteiger partial charge in [-0.05, 0) is 47.9 Å². The van der Waals surface area contributed by atoms with Crippen molar-refractivity contribution in [1.82, 2.24) is 0 Å². The third kappa shape index (κ3) is 3.98. The van der Waals surface area contributed by atoms with E-state index in [1.807, 2.05) is 24.3 Å². The smallest absolute Gasteiger partial charge is 0.194 e. The van der Waals surface area contributed by atoms with E-state index in [9.17, 15) is 4.79 Å². The highest BCUT2D eigenvalue weighted by molar-refractivity contribution is 6.14. The van der Waals surface area contributed by atoms with Crippen molar-refractivity contribution in [2.24, 2.45) is 0 Å². The van der Waals surface area contributed by atoms with Crippen molar-refractivity contribution in [3.05, 3.63) is 70.3 Å². The number of fused-ring (bicyclic) bond motifs is 2. The van der Waals surface area contributed by atoms with E-state index in [1.54, 1.807) is 60.9 Å². The molecule has 7 heteroatoms. The van der Waals surface area contributed by atoms with Crippen LogP contribution in [-0.2, 0) is 6.42 Å². The van der Waals surface area contributed by atoms with E-state index in [0.29, 0.717) is 52.0 Å². The molecule has 0 saturated heterocycles. The summed E-state index contributed by atoms with van der Waals surface area (Å²) < 4.78 is 33.2. The van der Waals surface area contributed by atoms with Gasteiger partial charge in [0.1, 0.15) is 23.0 Å². The molecule has 3 aromatic rings. The third-order valence-electron chi connectivity index (χ3n) is 6.19. The Morgan fingerprint density at radius 3 is 1.71 bits per heavy atom. The molecule has 0 radical (unpaired) electrons. The molecule has 0 fully saturated rings. The molecule has 7 nitrogen and oxygen atoms in total. The Labute approximate surface area is 199 Å². The Balaban J connectivity index is 1.97. The fourth-order valence-electron chi connectivity index (χ4n) is 4.55. The molecule has 0 saturated carbocycles. The maximum absolute atomic E-state index is 13.7. The van der Waals surface area contributed by atoms with Crippen LogP contribution in [0.5, 0.6) is 34.5 Å². The molecular formula is C27H28O7. The van der Waals surface area contributed by atoms with Gasteiger partial charge < -0.3 is 28.4 Å². The molecule has 3 aromatic carbocycles. The molecule has 0 unspecified atom stereocenters. The molecule has 1 aliphatic carbocycles. The van der Waals surface area contributed by atoms with Crippen molar-refractivity contribution >= 4 is 5.78 Å². The average molecular weight is 465 g/mol. The second kappa shape index (κ2) is 9.55. The number of hydrogen-bond donors (Lipinski definition) is 0. The van der Waals surface area contributed by atoms with E-state index in [2.05, 4.69) is 0 Å². The molecule has 34 heavy (non-hydrogen) atoms. The zero-order valence-corrected chi connectivity index (χ0v) is 20.2. The van der Waals surface area contributed by atoms with E-state index in [1.165, 1.54) is 0 Å². The maximum atomic E-state index is 13.7. The van der Waals surface area contributed by atoms with Crippen LogP contribution in [0.1, 0.15) is 38.5 Å². The van der Waals surface area contributed by atoms with Crippen LogP contribution in [-0.4, -0.2) is 48.4 Å². The summed E-state index contributed by atoms with van der Waals surface area (Å²) in [6, 6.07) is 12.9. The predicted octanol–water partition coefficient (Wildman–Crippen LogP) is 4.66. The van der Waals surface area contributed by atoms with E-state index in [-0.39, 0.29) is 11.7 Å². The summed E-state index contributed by atoms with van der Waals surface area (Å²) >= 11 is 0. The largest absolute Gasteiger partial charge is 0.497 e. The Morgan fingerprint density at radius 1 is 0.588 bits per heavy atom. The minimum atomic E-state index is -0.208. The van der Waals surface area contributed by atoms with E-state index >= 15 is 0 Å². The van der Waals surface area contributed by atoms with Gasteiger partial charge in [-0.3, -0.25) is 4.79 Å². The Kier molecular flexibility index (Phi) is 6.54. The first-order valence-corrected chi connectivity index (χ1v) is 10.8. The summed E-state index contributed by atoms with van der Waals surface area (Å²) in [5.74, 6) is 3.24. The highest BCUT2D eigenvalue weighted by atomic mass is 16.5. The van der Waals surface area contributed by atoms with Gasteiger partial charge in [0, 0.05) is 34.7 Å². The average Bonchev–Trinajstić information content (AvgIpc) is 2.88. The van der Waals surface area contributed by atoms with Gasteiger partial charge in [-0.1, -0.05) is 0 Å². The first-order valence-electron chi connectivity index (χ1n) is 10.8. The minimum Gasteiger partial charge on any atom is -0.497 e. The van der Waals surface area contributed by atoms with Crippen LogP contribution >= 0.6 is 0 Å². The van der Waals surface area contributed by atoms with Crippen LogP contribution in [0, 0.1) is 0 Å². The van der Waals surface area contributed by atoms with Gasteiger partial charge in [0.25, 0.3) is 0 Å². The zero-order valence-electron chi connectivity index (χ0n) is 20.2. The van der Waals surface area contributed by atoms with Crippen LogP contribution in [0.25, 0.3) is 0 Å². The summed E-state index contributed by atoms with van der Waals surface area (Å²) in [6.45, 7) is 0. The number of ether oxygens (including phenoxy) is 6. The molecule has 1 aliphatic rings. The third-order valence-corrected chi connectivity index (χ3v) is 6.19. The van der Waals surface area contributed by atoms with Crippen molar-refractivity contribution in [3.63, 3.8) is 0 Å². The number of ketones is 1. The first kappa shape index (κ1) is 23.3. The highest BCUT2D eigenvalue weighted by Gasteiger charge is 2.36. The number of rotatable bonds is 8. The predicted molar refractivity (Wildman–Crippen MR) is 128 cm³/mol. The Bertz CT molecular complexity index is 1210. The second-order valence-electron chi connectivity index (χ2n) is 7.89. The topological polar surface area (TPSA) is 72.5 Å². The summed E-state index contributed by atoms with van der Waals surface area (Å²) in [4.78, 5) is 13.7. The first-order chi connectivity index (χ1) is 16.5. The van der Waals surface area contributed by atoms with Crippen molar-refractivity contribution < 1.29 is 33.2 Å². The van der Waals surface area contributed by atoms with Crippen LogP contribution in [0.15, 0.2) is 42.5 Å². The number of methoxy groups -OCH3 is 6. The zero-order chi connectivity index (χ0) is 24.4. The Morgan fingerprint density at radius 2 is 1.15 bits per heavy atom. The van der Waals surface area contributed by atoms with Gasteiger partial charge in [-0.25, -0.2) is 0 Å². The lowest BCUT2D eigenvalue weighted by molar-refractivity contribution is 0.103. The van der Waals surface area contributed by atoms with Crippen molar-refractivity contribution in [2.75, 3.05) is 42.7 Å². The van der Waals surface area contributed by atoms with Crippen LogP contribution in [0.3, 0.4) is 0 Å². The number of carbonyl (C=O) groups is 1. The van der Waals surface area contributed by atoms with Gasteiger partial charge in [0.15, 0.2) is 17.3 Å². The highest BCUT2D eigenvalue weighted by Crippen LogP contribution is 2.48. The van der Waals surface area contributed by atoms with Crippen molar-refractivity contribution in [2.45, 2.75) is 12.3 Å². The SMILES string of the molecule is COc1cc(C[C@H]2c3cc(OC)c(OC)cc3C(=O)c3cc(OC)cc(OC)c32)cc(OC)c1. The number of carbonyl (C=O) groups excluding carboxylic acids is 1. The van der Waals surface area contributed by atoms with E-state index in [0.717, 1.165) is 16.7 Å². The second-order valence-corrected chi connectivity index (χ2v) is 7.89. The summed E-state index contributed by atoms with van der Waals surface area (Å²) in [6.07, 6.45) is 0.568. The summed E-state index contributed by atoms with van der Waals surface area (Å²) in [5.41, 5.74) is 3.71. The lowest BCUT2D eigenvalue weighted by Crippen LogP contribution is -2.22. The standard InChI is InChI=1S/C27H28O7/c1-29-16-7-15(8-17(10-16)30-2)9-20-19-13-23(32-4)24(33-5)14-21(19)27(28)22-11-18(31-3)12-25(34-6)26(20)22/h7-8,10-14,20H,9H2,1-6H3/t20-/m0/s1. The molecular weight excluding hydrogens is 436 g/mol. The normalized spacial score (nSPS) is 14.1. The van der Waals surface area contributed by atoms with E-state index < -0.39 is 0 Å². The maximum Gasteiger partial charge on any atom is 0.194 e. The fraction of sp³-hybridized carbons (Fsp3) is 0.296. The number of hydrogen-bond acceptors (Lipinski definition) is 7. The monoisotopic (exact) mass is 464 g/mol. The molecule has 0 heterocycles. The minimum absolute atomic E-state index is 0.123. The molecule has 1 atom stereocenters. The van der Waals surface area contributed by atoms with E-state index in [4.69, 9.17) is 28.4 Å². The lowest BCUT2D eigenvalue weighted by atomic mass is 9.74. The molecule has 0 N–H and O–H groups in total. The van der Waals surface area contributed by atoms with Gasteiger partial charge in [-0.15, -0.1) is 0 Å². The van der Waals surface area contributed by atoms with Gasteiger partial charge in [-0.2, -0.15) is 0 Å². The van der Waals surface area contributed by atoms with Gasteiger partial charge in [0.05, 0.1) is 42.7 Å². The molecule has 0 aromatic heterocycles. The van der Waals surface area contributed by atoms with Crippen LogP contribution in [0.4, 0.5) is 0 Å². The molecule has 0 aliphatic heterocycles. The summed E-state index contributed by atoms with van der Waals surface area (Å²) in [7, 11) is 9.53. The van der Waals surface area contributed by atoms with Crippen molar-refractivity contribution in [3.8, 4) is 34.5 Å². The summed E-state index contributed by atoms with van der Waals surface area (Å²) in [5, 5.41) is 0. The van der Waals surface area contributed by atoms with Gasteiger partial charge >= 0.3 is 0 Å². The molecule has 4 rings (SSSR count). The molecule has 178 valence electrons. The van der Waals surface area contributed by atoms with Gasteiger partial charge in [0.2, 0.25) is 0 Å².